The van der Waals surface area contributed by atoms with Crippen molar-refractivity contribution >= 4 is 11.9 Å². The first kappa shape index (κ1) is 19.3. The van der Waals surface area contributed by atoms with E-state index in [1.807, 2.05) is 6.92 Å². The van der Waals surface area contributed by atoms with Gasteiger partial charge in [0, 0.05) is 5.56 Å². The first-order chi connectivity index (χ1) is 12.4. The summed E-state index contributed by atoms with van der Waals surface area (Å²) in [7, 11) is 3.08. The predicted molar refractivity (Wildman–Crippen MR) is 95.5 cm³/mol. The van der Waals surface area contributed by atoms with Crippen LogP contribution in [0.1, 0.15) is 30.8 Å². The molecule has 0 fully saturated rings. The van der Waals surface area contributed by atoms with Gasteiger partial charge in [-0.05, 0) is 30.2 Å². The van der Waals surface area contributed by atoms with Gasteiger partial charge in [0.25, 0.3) is 5.91 Å². The van der Waals surface area contributed by atoms with E-state index in [0.29, 0.717) is 23.6 Å². The predicted octanol–water partition coefficient (Wildman–Crippen LogP) is 2.32. The number of carbonyl (C=O) groups is 2. The summed E-state index contributed by atoms with van der Waals surface area (Å²) >= 11 is 0. The number of carbonyl (C=O) groups excluding carboxylic acids is 1. The second kappa shape index (κ2) is 8.37. The fraction of sp³-hybridized carbons (Fsp3) is 0.389. The molecule has 26 heavy (non-hydrogen) atoms. The normalized spacial score (nSPS) is 12.9. The van der Waals surface area contributed by atoms with Crippen LogP contribution in [0, 0.1) is 5.92 Å². The van der Waals surface area contributed by atoms with Crippen LogP contribution >= 0.6 is 0 Å². The van der Waals surface area contributed by atoms with Gasteiger partial charge in [-0.3, -0.25) is 9.89 Å². The van der Waals surface area contributed by atoms with Crippen molar-refractivity contribution < 1.29 is 24.2 Å². The zero-order valence-electron chi connectivity index (χ0n) is 15.2. The van der Waals surface area contributed by atoms with E-state index in [-0.39, 0.29) is 11.6 Å². The Morgan fingerprint density at radius 3 is 2.50 bits per heavy atom. The van der Waals surface area contributed by atoms with Crippen LogP contribution in [0.25, 0.3) is 11.3 Å². The average Bonchev–Trinajstić information content (AvgIpc) is 3.14. The van der Waals surface area contributed by atoms with E-state index in [4.69, 9.17) is 9.47 Å². The highest BCUT2D eigenvalue weighted by atomic mass is 16.5. The van der Waals surface area contributed by atoms with Gasteiger partial charge in [-0.1, -0.05) is 20.3 Å². The number of aromatic nitrogens is 2. The van der Waals surface area contributed by atoms with Gasteiger partial charge in [-0.15, -0.1) is 0 Å². The maximum atomic E-state index is 12.4. The molecule has 0 saturated carbocycles. The molecule has 0 saturated heterocycles. The van der Waals surface area contributed by atoms with Crippen molar-refractivity contribution in [3.63, 3.8) is 0 Å². The average molecular weight is 361 g/mol. The van der Waals surface area contributed by atoms with Crippen molar-refractivity contribution in [3.8, 4) is 22.8 Å². The molecule has 0 unspecified atom stereocenters. The highest BCUT2D eigenvalue weighted by Gasteiger charge is 2.26. The van der Waals surface area contributed by atoms with E-state index in [9.17, 15) is 14.7 Å². The van der Waals surface area contributed by atoms with Crippen LogP contribution in [0.3, 0.4) is 0 Å². The standard InChI is InChI=1S/C18H23N3O5/c1-5-10(2)16(18(23)24)19-17(22)13-9-12(20-21-13)11-6-7-14(25-3)15(8-11)26-4/h6-10,16H,5H2,1-4H3,(H,19,22)(H,20,21)(H,23,24)/t10-,16-/m0/s1. The Kier molecular flexibility index (Phi) is 6.21. The number of H-pyrrole nitrogens is 1. The van der Waals surface area contributed by atoms with Crippen LogP contribution < -0.4 is 14.8 Å². The van der Waals surface area contributed by atoms with E-state index < -0.39 is 17.9 Å². The van der Waals surface area contributed by atoms with Gasteiger partial charge in [0.15, 0.2) is 11.5 Å². The van der Waals surface area contributed by atoms with Crippen molar-refractivity contribution in [1.29, 1.82) is 0 Å². The molecule has 2 rings (SSSR count). The minimum atomic E-state index is -1.06. The van der Waals surface area contributed by atoms with Gasteiger partial charge in [-0.25, -0.2) is 4.79 Å². The van der Waals surface area contributed by atoms with Gasteiger partial charge in [-0.2, -0.15) is 5.10 Å². The number of carboxylic acids is 1. The van der Waals surface area contributed by atoms with Crippen molar-refractivity contribution in [2.75, 3.05) is 14.2 Å². The molecule has 1 heterocycles. The number of nitrogens with zero attached hydrogens (tertiary/aromatic N) is 1. The molecule has 8 nitrogen and oxygen atoms in total. The molecule has 1 aromatic heterocycles. The fourth-order valence-electron chi connectivity index (χ4n) is 2.48. The lowest BCUT2D eigenvalue weighted by Gasteiger charge is -2.19. The molecule has 2 aromatic rings. The molecule has 0 aliphatic carbocycles. The lowest BCUT2D eigenvalue weighted by Crippen LogP contribution is -2.45. The van der Waals surface area contributed by atoms with Crippen molar-refractivity contribution in [2.24, 2.45) is 5.92 Å². The molecule has 0 radical (unpaired) electrons. The lowest BCUT2D eigenvalue weighted by molar-refractivity contribution is -0.140. The molecule has 0 spiro atoms. The van der Waals surface area contributed by atoms with E-state index in [2.05, 4.69) is 15.5 Å². The quantitative estimate of drug-likeness (QED) is 0.665. The van der Waals surface area contributed by atoms with Gasteiger partial charge in [0.2, 0.25) is 0 Å². The zero-order valence-corrected chi connectivity index (χ0v) is 15.2. The molecular weight excluding hydrogens is 338 g/mol. The van der Waals surface area contributed by atoms with Gasteiger partial charge < -0.3 is 19.9 Å². The van der Waals surface area contributed by atoms with Crippen LogP contribution in [-0.4, -0.2) is 47.4 Å². The molecule has 1 amide bonds. The zero-order chi connectivity index (χ0) is 19.3. The minimum Gasteiger partial charge on any atom is -0.493 e. The molecule has 0 bridgehead atoms. The Bertz CT molecular complexity index is 787. The number of amides is 1. The number of rotatable bonds is 8. The number of hydrogen-bond donors (Lipinski definition) is 3. The Hall–Kier alpha value is -3.03. The SMILES string of the molecule is CC[C@H](C)[C@H](NC(=O)c1cc(-c2ccc(OC)c(OC)c2)n[nH]1)C(=O)O. The minimum absolute atomic E-state index is 0.185. The number of hydrogen-bond acceptors (Lipinski definition) is 5. The molecular formula is C18H23N3O5. The maximum absolute atomic E-state index is 12.4. The van der Waals surface area contributed by atoms with Crippen molar-refractivity contribution in [1.82, 2.24) is 15.5 Å². The summed E-state index contributed by atoms with van der Waals surface area (Å²) in [6.45, 7) is 3.65. The highest BCUT2D eigenvalue weighted by molar-refractivity contribution is 5.95. The third-order valence-corrected chi connectivity index (χ3v) is 4.27. The Balaban J connectivity index is 2.21. The number of benzene rings is 1. The van der Waals surface area contributed by atoms with Gasteiger partial charge in [0.1, 0.15) is 11.7 Å². The van der Waals surface area contributed by atoms with Gasteiger partial charge >= 0.3 is 5.97 Å². The smallest absolute Gasteiger partial charge is 0.326 e. The Labute approximate surface area is 151 Å². The van der Waals surface area contributed by atoms with Crippen LogP contribution in [0.5, 0.6) is 11.5 Å². The number of nitrogens with one attached hydrogen (secondary N) is 2. The summed E-state index contributed by atoms with van der Waals surface area (Å²) in [5.41, 5.74) is 1.45. The molecule has 2 atom stereocenters. The van der Waals surface area contributed by atoms with E-state index in [1.54, 1.807) is 38.3 Å². The summed E-state index contributed by atoms with van der Waals surface area (Å²) in [5, 5.41) is 18.6. The first-order valence-electron chi connectivity index (χ1n) is 8.22. The second-order valence-electron chi connectivity index (χ2n) is 5.91. The summed E-state index contributed by atoms with van der Waals surface area (Å²) in [6.07, 6.45) is 0.636. The largest absolute Gasteiger partial charge is 0.493 e. The lowest BCUT2D eigenvalue weighted by atomic mass is 9.99. The van der Waals surface area contributed by atoms with Gasteiger partial charge in [0.05, 0.1) is 19.9 Å². The van der Waals surface area contributed by atoms with E-state index >= 15 is 0 Å². The number of methoxy groups -OCH3 is 2. The fourth-order valence-corrected chi connectivity index (χ4v) is 2.48. The van der Waals surface area contributed by atoms with E-state index in [0.717, 1.165) is 5.56 Å². The molecule has 8 heteroatoms. The summed E-state index contributed by atoms with van der Waals surface area (Å²) in [6, 6.07) is 5.88. The third kappa shape index (κ3) is 4.14. The Morgan fingerprint density at radius 2 is 1.92 bits per heavy atom. The van der Waals surface area contributed by atoms with Crippen LogP contribution in [0.4, 0.5) is 0 Å². The highest BCUT2D eigenvalue weighted by Crippen LogP contribution is 2.31. The van der Waals surface area contributed by atoms with Crippen LogP contribution in [-0.2, 0) is 4.79 Å². The maximum Gasteiger partial charge on any atom is 0.326 e. The molecule has 3 N–H and O–H groups in total. The number of carboxylic acid groups (broad SMARTS) is 1. The molecule has 0 aliphatic rings. The number of aliphatic carboxylic acids is 1. The van der Waals surface area contributed by atoms with E-state index in [1.165, 1.54) is 7.11 Å². The first-order valence-corrected chi connectivity index (χ1v) is 8.22. The number of ether oxygens (including phenoxy) is 2. The third-order valence-electron chi connectivity index (χ3n) is 4.27. The summed E-state index contributed by atoms with van der Waals surface area (Å²) in [5.74, 6) is -0.640. The Morgan fingerprint density at radius 1 is 1.23 bits per heavy atom. The molecule has 140 valence electrons. The van der Waals surface area contributed by atoms with Crippen molar-refractivity contribution in [3.05, 3.63) is 30.0 Å². The second-order valence-corrected chi connectivity index (χ2v) is 5.91. The van der Waals surface area contributed by atoms with Crippen molar-refractivity contribution in [2.45, 2.75) is 26.3 Å². The number of aromatic amines is 1. The molecule has 1 aromatic carbocycles. The summed E-state index contributed by atoms with van der Waals surface area (Å²) in [4.78, 5) is 23.7. The van der Waals surface area contributed by atoms with Crippen LogP contribution in [0.2, 0.25) is 0 Å². The summed E-state index contributed by atoms with van der Waals surface area (Å²) < 4.78 is 10.5. The molecule has 0 aliphatic heterocycles. The van der Waals surface area contributed by atoms with Crippen LogP contribution in [0.15, 0.2) is 24.3 Å². The topological polar surface area (TPSA) is 114 Å². The monoisotopic (exact) mass is 361 g/mol.